The molecule has 0 bridgehead atoms. The quantitative estimate of drug-likeness (QED) is 0.720. The zero-order chi connectivity index (χ0) is 14.3. The first-order valence-electron chi connectivity index (χ1n) is 6.14. The minimum atomic E-state index is -0.372. The molecule has 0 aliphatic carbocycles. The molecule has 1 aromatic carbocycles. The molecule has 0 aliphatic heterocycles. The first kappa shape index (κ1) is 12.4. The molecule has 2 heterocycles. The van der Waals surface area contributed by atoms with E-state index in [1.807, 2.05) is 6.92 Å². The van der Waals surface area contributed by atoms with E-state index in [1.165, 1.54) is 27.3 Å². The van der Waals surface area contributed by atoms with Crippen molar-refractivity contribution in [2.75, 3.05) is 5.73 Å². The van der Waals surface area contributed by atoms with Crippen LogP contribution in [0.15, 0.2) is 41.5 Å². The fourth-order valence-corrected chi connectivity index (χ4v) is 2.17. The predicted molar refractivity (Wildman–Crippen MR) is 74.1 cm³/mol. The van der Waals surface area contributed by atoms with Gasteiger partial charge in [0.1, 0.15) is 11.3 Å². The third-order valence-corrected chi connectivity index (χ3v) is 3.17. The van der Waals surface area contributed by atoms with Gasteiger partial charge in [0, 0.05) is 18.1 Å². The van der Waals surface area contributed by atoms with E-state index in [4.69, 9.17) is 5.73 Å². The Morgan fingerprint density at radius 2 is 2.10 bits per heavy atom. The Morgan fingerprint density at radius 1 is 1.30 bits per heavy atom. The van der Waals surface area contributed by atoms with Crippen LogP contribution >= 0.6 is 0 Å². The van der Waals surface area contributed by atoms with E-state index in [2.05, 4.69) is 5.10 Å². The first-order chi connectivity index (χ1) is 9.54. The third-order valence-electron chi connectivity index (χ3n) is 3.17. The van der Waals surface area contributed by atoms with Crippen molar-refractivity contribution in [3.05, 3.63) is 64.1 Å². The van der Waals surface area contributed by atoms with Gasteiger partial charge in [-0.15, -0.1) is 0 Å². The maximum atomic E-state index is 13.2. The van der Waals surface area contributed by atoms with E-state index in [0.29, 0.717) is 16.8 Å². The smallest absolute Gasteiger partial charge is 0.276 e. The Balaban J connectivity index is 2.09. The molecular formula is C14H13FN4O. The lowest BCUT2D eigenvalue weighted by molar-refractivity contribution is 0.623. The fourth-order valence-electron chi connectivity index (χ4n) is 2.17. The maximum Gasteiger partial charge on any atom is 0.276 e. The van der Waals surface area contributed by atoms with Crippen LogP contribution < -0.4 is 11.3 Å². The van der Waals surface area contributed by atoms with Crippen LogP contribution in [0.25, 0.3) is 5.52 Å². The van der Waals surface area contributed by atoms with Crippen molar-refractivity contribution in [1.29, 1.82) is 0 Å². The van der Waals surface area contributed by atoms with Crippen molar-refractivity contribution in [2.45, 2.75) is 13.5 Å². The zero-order valence-electron chi connectivity index (χ0n) is 10.9. The van der Waals surface area contributed by atoms with Crippen molar-refractivity contribution in [3.63, 3.8) is 0 Å². The summed E-state index contributed by atoms with van der Waals surface area (Å²) < 4.78 is 16.3. The molecule has 0 aliphatic rings. The summed E-state index contributed by atoms with van der Waals surface area (Å²) in [4.78, 5) is 12.3. The van der Waals surface area contributed by atoms with Gasteiger partial charge in [0.2, 0.25) is 0 Å². The minimum absolute atomic E-state index is 0.184. The molecule has 0 saturated heterocycles. The molecule has 102 valence electrons. The van der Waals surface area contributed by atoms with Gasteiger partial charge in [0.05, 0.1) is 12.2 Å². The fraction of sp³-hybridized carbons (Fsp3) is 0.143. The van der Waals surface area contributed by atoms with Crippen LogP contribution in [0.1, 0.15) is 11.3 Å². The van der Waals surface area contributed by atoms with E-state index in [0.717, 1.165) is 5.69 Å². The van der Waals surface area contributed by atoms with Gasteiger partial charge in [-0.25, -0.2) is 8.91 Å². The van der Waals surface area contributed by atoms with Gasteiger partial charge in [-0.05, 0) is 36.8 Å². The highest BCUT2D eigenvalue weighted by Crippen LogP contribution is 2.14. The molecule has 0 saturated carbocycles. The van der Waals surface area contributed by atoms with E-state index in [-0.39, 0.29) is 17.9 Å². The van der Waals surface area contributed by atoms with Crippen molar-refractivity contribution in [3.8, 4) is 0 Å². The average Bonchev–Trinajstić information content (AvgIpc) is 2.79. The molecule has 0 radical (unpaired) electrons. The molecule has 2 N–H and O–H groups in total. The summed E-state index contributed by atoms with van der Waals surface area (Å²) in [5, 5.41) is 4.17. The van der Waals surface area contributed by atoms with Crippen LogP contribution in [0.4, 0.5) is 10.1 Å². The van der Waals surface area contributed by atoms with Crippen LogP contribution in [0.2, 0.25) is 0 Å². The Bertz CT molecular complexity index is 850. The number of hydrogen-bond donors (Lipinski definition) is 1. The lowest BCUT2D eigenvalue weighted by Crippen LogP contribution is -2.22. The summed E-state index contributed by atoms with van der Waals surface area (Å²) in [5.41, 5.74) is 7.91. The normalized spacial score (nSPS) is 11.1. The topological polar surface area (TPSA) is 65.3 Å². The highest BCUT2D eigenvalue weighted by atomic mass is 19.1. The zero-order valence-corrected chi connectivity index (χ0v) is 10.9. The van der Waals surface area contributed by atoms with Crippen LogP contribution in [0.3, 0.4) is 0 Å². The third kappa shape index (κ3) is 2.05. The summed E-state index contributed by atoms with van der Waals surface area (Å²) in [6, 6.07) is 5.85. The number of nitrogens with zero attached hydrogens (tertiary/aromatic N) is 3. The number of fused-ring (bicyclic) bond motifs is 1. The van der Waals surface area contributed by atoms with Gasteiger partial charge in [0.25, 0.3) is 5.56 Å². The second-order valence-electron chi connectivity index (χ2n) is 4.69. The van der Waals surface area contributed by atoms with Crippen molar-refractivity contribution >= 4 is 11.2 Å². The Morgan fingerprint density at radius 3 is 2.90 bits per heavy atom. The summed E-state index contributed by atoms with van der Waals surface area (Å²) in [5.74, 6) is -0.372. The molecule has 3 rings (SSSR count). The number of anilines is 1. The largest absolute Gasteiger partial charge is 0.398 e. The van der Waals surface area contributed by atoms with E-state index in [1.54, 1.807) is 18.5 Å². The number of halogens is 1. The number of nitrogen functional groups attached to an aromatic ring is 1. The standard InChI is InChI=1S/C14H13FN4O/c1-9-6-13-14(20)18(4-5-19(13)17-9)8-10-7-11(15)2-3-12(10)16/h2-7H,8,16H2,1H3. The predicted octanol–water partition coefficient (Wildman–Crippen LogP) is 1.57. The van der Waals surface area contributed by atoms with E-state index < -0.39 is 0 Å². The van der Waals surface area contributed by atoms with E-state index >= 15 is 0 Å². The summed E-state index contributed by atoms with van der Waals surface area (Å²) in [6.07, 6.45) is 3.31. The molecule has 0 amide bonds. The number of benzene rings is 1. The Kier molecular flexibility index (Phi) is 2.78. The molecular weight excluding hydrogens is 259 g/mol. The van der Waals surface area contributed by atoms with Gasteiger partial charge in [0.15, 0.2) is 0 Å². The second kappa shape index (κ2) is 4.48. The van der Waals surface area contributed by atoms with Crippen LogP contribution in [-0.4, -0.2) is 14.2 Å². The molecule has 0 unspecified atom stereocenters. The van der Waals surface area contributed by atoms with Gasteiger partial charge in [-0.3, -0.25) is 4.79 Å². The van der Waals surface area contributed by atoms with Crippen molar-refractivity contribution in [1.82, 2.24) is 14.2 Å². The lowest BCUT2D eigenvalue weighted by atomic mass is 10.1. The molecule has 0 fully saturated rings. The molecule has 5 nitrogen and oxygen atoms in total. The lowest BCUT2D eigenvalue weighted by Gasteiger charge is -2.08. The molecule has 0 spiro atoms. The van der Waals surface area contributed by atoms with Crippen molar-refractivity contribution < 1.29 is 4.39 Å². The SMILES string of the molecule is Cc1cc2c(=O)n(Cc3cc(F)ccc3N)ccn2n1. The van der Waals surface area contributed by atoms with Crippen LogP contribution in [-0.2, 0) is 6.54 Å². The molecule has 2 aromatic heterocycles. The summed E-state index contributed by atoms with van der Waals surface area (Å²) >= 11 is 0. The summed E-state index contributed by atoms with van der Waals surface area (Å²) in [7, 11) is 0. The number of rotatable bonds is 2. The Hall–Kier alpha value is -2.63. The molecule has 3 aromatic rings. The van der Waals surface area contributed by atoms with E-state index in [9.17, 15) is 9.18 Å². The minimum Gasteiger partial charge on any atom is -0.398 e. The summed E-state index contributed by atoms with van der Waals surface area (Å²) in [6.45, 7) is 2.05. The van der Waals surface area contributed by atoms with Gasteiger partial charge in [-0.2, -0.15) is 5.10 Å². The van der Waals surface area contributed by atoms with Gasteiger partial charge < -0.3 is 10.3 Å². The molecule has 0 atom stereocenters. The maximum absolute atomic E-state index is 13.2. The van der Waals surface area contributed by atoms with Gasteiger partial charge in [-0.1, -0.05) is 0 Å². The van der Waals surface area contributed by atoms with Crippen LogP contribution in [0, 0.1) is 12.7 Å². The number of nitrogens with two attached hydrogens (primary N) is 1. The highest BCUT2D eigenvalue weighted by molar-refractivity contribution is 5.48. The van der Waals surface area contributed by atoms with Crippen LogP contribution in [0.5, 0.6) is 0 Å². The van der Waals surface area contributed by atoms with Gasteiger partial charge >= 0.3 is 0 Å². The van der Waals surface area contributed by atoms with Crippen molar-refractivity contribution in [2.24, 2.45) is 0 Å². The monoisotopic (exact) mass is 272 g/mol. The molecule has 20 heavy (non-hydrogen) atoms. The number of aromatic nitrogens is 3. The molecule has 6 heteroatoms. The Labute approximate surface area is 114 Å². The first-order valence-corrected chi connectivity index (χ1v) is 6.14. The second-order valence-corrected chi connectivity index (χ2v) is 4.69. The highest BCUT2D eigenvalue weighted by Gasteiger charge is 2.08. The number of hydrogen-bond acceptors (Lipinski definition) is 3. The average molecular weight is 272 g/mol. The number of aryl methyl sites for hydroxylation is 1.